The SMILES string of the molecule is Cc1nn(-c2ncc(C(=O)NC3CCC(O)CC3)cc2F)c2cnccc12. The Hall–Kier alpha value is -2.87. The van der Waals surface area contributed by atoms with Crippen molar-refractivity contribution in [1.82, 2.24) is 25.1 Å². The summed E-state index contributed by atoms with van der Waals surface area (Å²) >= 11 is 0. The first-order valence-electron chi connectivity index (χ1n) is 8.97. The fourth-order valence-electron chi connectivity index (χ4n) is 3.48. The molecule has 140 valence electrons. The van der Waals surface area contributed by atoms with E-state index in [1.807, 2.05) is 13.0 Å². The summed E-state index contributed by atoms with van der Waals surface area (Å²) in [5.41, 5.74) is 1.56. The Morgan fingerprint density at radius 3 is 2.81 bits per heavy atom. The van der Waals surface area contributed by atoms with Crippen molar-refractivity contribution in [1.29, 1.82) is 0 Å². The summed E-state index contributed by atoms with van der Waals surface area (Å²) in [5.74, 6) is -0.967. The average molecular weight is 369 g/mol. The van der Waals surface area contributed by atoms with Crippen molar-refractivity contribution in [3.8, 4) is 5.82 Å². The molecule has 2 N–H and O–H groups in total. The molecule has 3 aromatic rings. The summed E-state index contributed by atoms with van der Waals surface area (Å²) in [6, 6.07) is 2.98. The van der Waals surface area contributed by atoms with E-state index in [-0.39, 0.29) is 29.4 Å². The molecule has 8 heteroatoms. The Balaban J connectivity index is 1.58. The van der Waals surface area contributed by atoms with Crippen LogP contribution in [0.5, 0.6) is 0 Å². The number of aliphatic hydroxyl groups excluding tert-OH is 1. The van der Waals surface area contributed by atoms with Gasteiger partial charge in [0.1, 0.15) is 0 Å². The zero-order valence-electron chi connectivity index (χ0n) is 14.9. The van der Waals surface area contributed by atoms with Crippen molar-refractivity contribution in [3.63, 3.8) is 0 Å². The molecule has 0 unspecified atom stereocenters. The molecule has 1 fully saturated rings. The van der Waals surface area contributed by atoms with Gasteiger partial charge in [0.2, 0.25) is 0 Å². The molecule has 0 atom stereocenters. The maximum Gasteiger partial charge on any atom is 0.253 e. The van der Waals surface area contributed by atoms with Crippen LogP contribution in [0.3, 0.4) is 0 Å². The number of aromatic nitrogens is 4. The van der Waals surface area contributed by atoms with Crippen molar-refractivity contribution in [2.45, 2.75) is 44.8 Å². The van der Waals surface area contributed by atoms with Crippen LogP contribution in [-0.2, 0) is 0 Å². The van der Waals surface area contributed by atoms with Gasteiger partial charge in [-0.15, -0.1) is 0 Å². The number of amides is 1. The van der Waals surface area contributed by atoms with Gasteiger partial charge in [-0.05, 0) is 44.7 Å². The van der Waals surface area contributed by atoms with Crippen molar-refractivity contribution < 1.29 is 14.3 Å². The lowest BCUT2D eigenvalue weighted by molar-refractivity contribution is 0.0867. The topological polar surface area (TPSA) is 92.9 Å². The summed E-state index contributed by atoms with van der Waals surface area (Å²) < 4.78 is 16.1. The molecule has 1 amide bonds. The van der Waals surface area contributed by atoms with Gasteiger partial charge in [-0.25, -0.2) is 14.1 Å². The monoisotopic (exact) mass is 369 g/mol. The van der Waals surface area contributed by atoms with Crippen molar-refractivity contribution >= 4 is 16.8 Å². The highest BCUT2D eigenvalue weighted by Crippen LogP contribution is 2.22. The lowest BCUT2D eigenvalue weighted by Crippen LogP contribution is -2.38. The fourth-order valence-corrected chi connectivity index (χ4v) is 3.48. The Morgan fingerprint density at radius 1 is 1.30 bits per heavy atom. The quantitative estimate of drug-likeness (QED) is 0.739. The summed E-state index contributed by atoms with van der Waals surface area (Å²) in [6.07, 6.45) is 7.08. The van der Waals surface area contributed by atoms with Gasteiger partial charge in [-0.3, -0.25) is 9.78 Å². The normalized spacial score (nSPS) is 20.0. The number of hydrogen-bond donors (Lipinski definition) is 2. The van der Waals surface area contributed by atoms with Crippen LogP contribution >= 0.6 is 0 Å². The van der Waals surface area contributed by atoms with E-state index in [1.54, 1.807) is 12.4 Å². The van der Waals surface area contributed by atoms with Gasteiger partial charge in [0, 0.05) is 23.8 Å². The lowest BCUT2D eigenvalue weighted by atomic mass is 9.93. The summed E-state index contributed by atoms with van der Waals surface area (Å²) in [6.45, 7) is 1.83. The number of carbonyl (C=O) groups excluding carboxylic acids is 1. The molecule has 0 spiro atoms. The van der Waals surface area contributed by atoms with Crippen molar-refractivity contribution in [3.05, 3.63) is 47.8 Å². The van der Waals surface area contributed by atoms with Crippen LogP contribution in [0.15, 0.2) is 30.7 Å². The van der Waals surface area contributed by atoms with Crippen molar-refractivity contribution in [2.24, 2.45) is 0 Å². The van der Waals surface area contributed by atoms with E-state index in [2.05, 4.69) is 20.4 Å². The van der Waals surface area contributed by atoms with Crippen LogP contribution in [-0.4, -0.2) is 42.9 Å². The Bertz CT molecular complexity index is 995. The number of halogens is 1. The second-order valence-electron chi connectivity index (χ2n) is 6.90. The molecule has 0 bridgehead atoms. The molecule has 7 nitrogen and oxygen atoms in total. The largest absolute Gasteiger partial charge is 0.393 e. The molecule has 1 saturated carbocycles. The van der Waals surface area contributed by atoms with E-state index in [0.717, 1.165) is 11.1 Å². The minimum atomic E-state index is -0.630. The number of fused-ring (bicyclic) bond motifs is 1. The van der Waals surface area contributed by atoms with Crippen molar-refractivity contribution in [2.75, 3.05) is 0 Å². The summed E-state index contributed by atoms with van der Waals surface area (Å²) in [4.78, 5) is 20.6. The van der Waals surface area contributed by atoms with E-state index in [1.165, 1.54) is 16.9 Å². The number of nitrogens with one attached hydrogen (secondary N) is 1. The number of carbonyl (C=O) groups is 1. The first kappa shape index (κ1) is 17.5. The molecule has 4 rings (SSSR count). The molecule has 0 radical (unpaired) electrons. The molecule has 0 saturated heterocycles. The predicted octanol–water partition coefficient (Wildman–Crippen LogP) is 2.30. The maximum atomic E-state index is 14.7. The second-order valence-corrected chi connectivity index (χ2v) is 6.90. The first-order valence-corrected chi connectivity index (χ1v) is 8.97. The van der Waals surface area contributed by atoms with Crippen LogP contribution in [0.25, 0.3) is 16.7 Å². The Morgan fingerprint density at radius 2 is 2.07 bits per heavy atom. The molecule has 0 aromatic carbocycles. The van der Waals surface area contributed by atoms with Crippen LogP contribution in [0.1, 0.15) is 41.7 Å². The van der Waals surface area contributed by atoms with E-state index < -0.39 is 5.82 Å². The molecule has 1 aliphatic carbocycles. The predicted molar refractivity (Wildman–Crippen MR) is 97.1 cm³/mol. The Kier molecular flexibility index (Phi) is 4.57. The standard InChI is InChI=1S/C19H20FN5O2/c1-11-15-6-7-21-10-17(15)25(24-11)18-16(20)8-12(9-22-18)19(27)23-13-2-4-14(26)5-3-13/h6-10,13-14,26H,2-5H2,1H3,(H,23,27). The van der Waals surface area contributed by atoms with Crippen LogP contribution < -0.4 is 5.32 Å². The lowest BCUT2D eigenvalue weighted by Gasteiger charge is -2.26. The number of aryl methyl sites for hydroxylation is 1. The fraction of sp³-hybridized carbons (Fsp3) is 0.368. The van der Waals surface area contributed by atoms with Crippen LogP contribution in [0.4, 0.5) is 4.39 Å². The van der Waals surface area contributed by atoms with Crippen LogP contribution in [0, 0.1) is 12.7 Å². The highest BCUT2D eigenvalue weighted by molar-refractivity contribution is 5.94. The average Bonchev–Trinajstić information content (AvgIpc) is 3.00. The van der Waals surface area contributed by atoms with Crippen LogP contribution in [0.2, 0.25) is 0 Å². The van der Waals surface area contributed by atoms with Gasteiger partial charge in [-0.2, -0.15) is 5.10 Å². The molecule has 27 heavy (non-hydrogen) atoms. The number of aliphatic hydroxyl groups is 1. The molecule has 1 aliphatic rings. The molecule has 0 aliphatic heterocycles. The second kappa shape index (κ2) is 7.03. The smallest absolute Gasteiger partial charge is 0.253 e. The first-order chi connectivity index (χ1) is 13.0. The minimum absolute atomic E-state index is 0.00702. The van der Waals surface area contributed by atoms with Gasteiger partial charge in [-0.1, -0.05) is 0 Å². The molecular weight excluding hydrogens is 349 g/mol. The maximum absolute atomic E-state index is 14.7. The highest BCUT2D eigenvalue weighted by atomic mass is 19.1. The summed E-state index contributed by atoms with van der Waals surface area (Å²) in [7, 11) is 0. The third kappa shape index (κ3) is 3.40. The van der Waals surface area contributed by atoms with Gasteiger partial charge in [0.25, 0.3) is 5.91 Å². The number of hydrogen-bond acceptors (Lipinski definition) is 5. The van der Waals surface area contributed by atoms with Gasteiger partial charge in [0.05, 0.1) is 29.1 Å². The Labute approximate surface area is 155 Å². The third-order valence-electron chi connectivity index (χ3n) is 4.98. The zero-order valence-corrected chi connectivity index (χ0v) is 14.9. The van der Waals surface area contributed by atoms with E-state index >= 15 is 0 Å². The minimum Gasteiger partial charge on any atom is -0.393 e. The molecule has 3 heterocycles. The number of rotatable bonds is 3. The highest BCUT2D eigenvalue weighted by Gasteiger charge is 2.22. The number of nitrogens with zero attached hydrogens (tertiary/aromatic N) is 4. The summed E-state index contributed by atoms with van der Waals surface area (Å²) in [5, 5.41) is 17.6. The molecule has 3 aromatic heterocycles. The van der Waals surface area contributed by atoms with Gasteiger partial charge in [0.15, 0.2) is 11.6 Å². The van der Waals surface area contributed by atoms with E-state index in [0.29, 0.717) is 31.2 Å². The van der Waals surface area contributed by atoms with Gasteiger partial charge < -0.3 is 10.4 Å². The number of pyridine rings is 2. The van der Waals surface area contributed by atoms with E-state index in [9.17, 15) is 14.3 Å². The van der Waals surface area contributed by atoms with E-state index in [4.69, 9.17) is 0 Å². The van der Waals surface area contributed by atoms with Gasteiger partial charge >= 0.3 is 0 Å². The molecular formula is C19H20FN5O2. The zero-order chi connectivity index (χ0) is 19.0. The third-order valence-corrected chi connectivity index (χ3v) is 4.98.